The predicted molar refractivity (Wildman–Crippen MR) is 97.9 cm³/mol. The number of aromatic amines is 1. The maximum atomic E-state index is 6.02. The third kappa shape index (κ3) is 4.44. The molecule has 0 aliphatic carbocycles. The summed E-state index contributed by atoms with van der Waals surface area (Å²) in [4.78, 5) is 4.42. The van der Waals surface area contributed by atoms with E-state index in [1.807, 2.05) is 43.3 Å². The smallest absolute Gasteiger partial charge is 0.208 e. The highest BCUT2D eigenvalue weighted by Crippen LogP contribution is 2.26. The van der Waals surface area contributed by atoms with Crippen molar-refractivity contribution in [1.82, 2.24) is 15.2 Å². The van der Waals surface area contributed by atoms with E-state index in [1.54, 1.807) is 6.07 Å². The molecule has 7 heteroatoms. The van der Waals surface area contributed by atoms with Crippen molar-refractivity contribution in [3.05, 3.63) is 69.5 Å². The molecule has 4 nitrogen and oxygen atoms in total. The molecule has 0 aliphatic rings. The number of hydrogen-bond acceptors (Lipinski definition) is 4. The van der Waals surface area contributed by atoms with Crippen LogP contribution in [0.5, 0.6) is 5.75 Å². The van der Waals surface area contributed by atoms with Gasteiger partial charge >= 0.3 is 0 Å². The number of para-hydroxylation sites is 1. The van der Waals surface area contributed by atoms with Crippen LogP contribution in [-0.2, 0) is 12.4 Å². The first-order chi connectivity index (χ1) is 11.6. The number of benzene rings is 2. The first kappa shape index (κ1) is 17.1. The number of H-pyrrole nitrogens is 1. The summed E-state index contributed by atoms with van der Waals surface area (Å²) in [6.07, 6.45) is 0. The zero-order valence-corrected chi connectivity index (χ0v) is 15.3. The van der Waals surface area contributed by atoms with Gasteiger partial charge in [0.1, 0.15) is 12.4 Å². The van der Waals surface area contributed by atoms with Gasteiger partial charge in [-0.15, -0.1) is 5.10 Å². The van der Waals surface area contributed by atoms with Gasteiger partial charge in [0.25, 0.3) is 0 Å². The second kappa shape index (κ2) is 7.92. The van der Waals surface area contributed by atoms with Crippen molar-refractivity contribution in [3.8, 4) is 5.75 Å². The summed E-state index contributed by atoms with van der Waals surface area (Å²) in [7, 11) is 0. The van der Waals surface area contributed by atoms with Crippen LogP contribution in [0, 0.1) is 6.92 Å². The van der Waals surface area contributed by atoms with Crippen molar-refractivity contribution in [2.24, 2.45) is 0 Å². The molecule has 2 aromatic carbocycles. The molecule has 0 bridgehead atoms. The Kier molecular flexibility index (Phi) is 5.66. The highest BCUT2D eigenvalue weighted by molar-refractivity contribution is 7.98. The van der Waals surface area contributed by atoms with Gasteiger partial charge in [-0.25, -0.2) is 4.98 Å². The lowest BCUT2D eigenvalue weighted by atomic mass is 10.2. The van der Waals surface area contributed by atoms with Gasteiger partial charge in [-0.3, -0.25) is 5.10 Å². The molecule has 0 unspecified atom stereocenters. The standard InChI is InChI=1S/C17H15Cl2N3OS/c1-11-4-2-3-5-15(11)23-9-16-20-17(22-21-16)24-10-12-6-7-13(18)14(19)8-12/h2-8H,9-10H2,1H3,(H,20,21,22). The Bertz CT molecular complexity index is 838. The van der Waals surface area contributed by atoms with Crippen LogP contribution in [0.3, 0.4) is 0 Å². The molecule has 3 rings (SSSR count). The molecule has 124 valence electrons. The number of halogens is 2. The van der Waals surface area contributed by atoms with E-state index in [2.05, 4.69) is 15.2 Å². The third-order valence-corrected chi connectivity index (χ3v) is 4.98. The number of aryl methyl sites for hydroxylation is 1. The molecule has 0 radical (unpaired) electrons. The van der Waals surface area contributed by atoms with Crippen molar-refractivity contribution in [2.45, 2.75) is 24.4 Å². The maximum Gasteiger partial charge on any atom is 0.208 e. The molecule has 0 atom stereocenters. The highest BCUT2D eigenvalue weighted by Gasteiger charge is 2.07. The molecule has 0 saturated carbocycles. The number of hydrogen-bond donors (Lipinski definition) is 1. The summed E-state index contributed by atoms with van der Waals surface area (Å²) in [5.41, 5.74) is 2.16. The molecule has 0 spiro atoms. The van der Waals surface area contributed by atoms with Gasteiger partial charge in [-0.1, -0.05) is 59.2 Å². The second-order valence-corrected chi connectivity index (χ2v) is 6.91. The van der Waals surface area contributed by atoms with Crippen LogP contribution in [0.2, 0.25) is 10.0 Å². The lowest BCUT2D eigenvalue weighted by Gasteiger charge is -2.06. The third-order valence-electron chi connectivity index (χ3n) is 3.32. The molecule has 1 heterocycles. The van der Waals surface area contributed by atoms with Crippen LogP contribution in [0.15, 0.2) is 47.6 Å². The lowest BCUT2D eigenvalue weighted by Crippen LogP contribution is -1.98. The number of thioether (sulfide) groups is 1. The van der Waals surface area contributed by atoms with Crippen molar-refractivity contribution in [3.63, 3.8) is 0 Å². The van der Waals surface area contributed by atoms with E-state index in [9.17, 15) is 0 Å². The van der Waals surface area contributed by atoms with Gasteiger partial charge in [-0.05, 0) is 36.2 Å². The molecular formula is C17H15Cl2N3OS. The van der Waals surface area contributed by atoms with Gasteiger partial charge in [0.2, 0.25) is 5.16 Å². The Balaban J connectivity index is 1.55. The minimum atomic E-state index is 0.352. The van der Waals surface area contributed by atoms with Crippen LogP contribution in [0.1, 0.15) is 17.0 Å². The number of nitrogens with zero attached hydrogens (tertiary/aromatic N) is 2. The minimum Gasteiger partial charge on any atom is -0.485 e. The molecule has 1 N–H and O–H groups in total. The van der Waals surface area contributed by atoms with E-state index in [-0.39, 0.29) is 0 Å². The number of aromatic nitrogens is 3. The van der Waals surface area contributed by atoms with Crippen molar-refractivity contribution in [2.75, 3.05) is 0 Å². The topological polar surface area (TPSA) is 50.8 Å². The molecule has 3 aromatic rings. The fraction of sp³-hybridized carbons (Fsp3) is 0.176. The number of ether oxygens (including phenoxy) is 1. The SMILES string of the molecule is Cc1ccccc1OCc1nc(SCc2ccc(Cl)c(Cl)c2)n[nH]1. The van der Waals surface area contributed by atoms with E-state index in [0.29, 0.717) is 33.4 Å². The van der Waals surface area contributed by atoms with E-state index in [4.69, 9.17) is 27.9 Å². The van der Waals surface area contributed by atoms with Crippen molar-refractivity contribution < 1.29 is 4.74 Å². The normalized spacial score (nSPS) is 10.8. The van der Waals surface area contributed by atoms with Crippen LogP contribution in [0.25, 0.3) is 0 Å². The Hall–Kier alpha value is -1.69. The van der Waals surface area contributed by atoms with Gasteiger partial charge in [0, 0.05) is 5.75 Å². The molecule has 0 fully saturated rings. The fourth-order valence-corrected chi connectivity index (χ4v) is 3.13. The largest absolute Gasteiger partial charge is 0.485 e. The summed E-state index contributed by atoms with van der Waals surface area (Å²) >= 11 is 13.5. The Morgan fingerprint density at radius 2 is 1.96 bits per heavy atom. The molecule has 0 aliphatic heterocycles. The Morgan fingerprint density at radius 3 is 2.75 bits per heavy atom. The summed E-state index contributed by atoms with van der Waals surface area (Å²) in [5, 5.41) is 8.87. The van der Waals surface area contributed by atoms with Gasteiger partial charge in [0.05, 0.1) is 10.0 Å². The van der Waals surface area contributed by atoms with Gasteiger partial charge in [-0.2, -0.15) is 0 Å². The molecule has 1 aromatic heterocycles. The molecular weight excluding hydrogens is 365 g/mol. The predicted octanol–water partition coefficient (Wildman–Crippen LogP) is 5.29. The second-order valence-electron chi connectivity index (χ2n) is 5.16. The quantitative estimate of drug-likeness (QED) is 0.591. The van der Waals surface area contributed by atoms with E-state index in [0.717, 1.165) is 16.9 Å². The number of rotatable bonds is 6. The minimum absolute atomic E-state index is 0.352. The zero-order valence-electron chi connectivity index (χ0n) is 12.9. The summed E-state index contributed by atoms with van der Waals surface area (Å²) in [6, 6.07) is 13.5. The highest BCUT2D eigenvalue weighted by atomic mass is 35.5. The number of nitrogens with one attached hydrogen (secondary N) is 1. The zero-order chi connectivity index (χ0) is 16.9. The fourth-order valence-electron chi connectivity index (χ4n) is 2.05. The van der Waals surface area contributed by atoms with E-state index < -0.39 is 0 Å². The lowest BCUT2D eigenvalue weighted by molar-refractivity contribution is 0.294. The molecule has 0 amide bonds. The molecule has 24 heavy (non-hydrogen) atoms. The Labute approximate surface area is 154 Å². The van der Waals surface area contributed by atoms with Crippen molar-refractivity contribution in [1.29, 1.82) is 0 Å². The monoisotopic (exact) mass is 379 g/mol. The van der Waals surface area contributed by atoms with E-state index >= 15 is 0 Å². The summed E-state index contributed by atoms with van der Waals surface area (Å²) in [6.45, 7) is 2.36. The summed E-state index contributed by atoms with van der Waals surface area (Å²) in [5.74, 6) is 2.25. The van der Waals surface area contributed by atoms with Crippen molar-refractivity contribution >= 4 is 35.0 Å². The van der Waals surface area contributed by atoms with E-state index in [1.165, 1.54) is 11.8 Å². The first-order valence-electron chi connectivity index (χ1n) is 7.28. The first-order valence-corrected chi connectivity index (χ1v) is 9.02. The van der Waals surface area contributed by atoms with Crippen LogP contribution in [0.4, 0.5) is 0 Å². The maximum absolute atomic E-state index is 6.02. The van der Waals surface area contributed by atoms with Crippen LogP contribution >= 0.6 is 35.0 Å². The average Bonchev–Trinajstić information content (AvgIpc) is 3.03. The van der Waals surface area contributed by atoms with Gasteiger partial charge in [0.15, 0.2) is 5.82 Å². The average molecular weight is 380 g/mol. The Morgan fingerprint density at radius 1 is 1.12 bits per heavy atom. The molecule has 0 saturated heterocycles. The van der Waals surface area contributed by atoms with Crippen LogP contribution in [-0.4, -0.2) is 15.2 Å². The summed E-state index contributed by atoms with van der Waals surface area (Å²) < 4.78 is 5.75. The van der Waals surface area contributed by atoms with Gasteiger partial charge < -0.3 is 4.74 Å². The van der Waals surface area contributed by atoms with Crippen LogP contribution < -0.4 is 4.74 Å².